The van der Waals surface area contributed by atoms with Crippen LogP contribution in [0.3, 0.4) is 0 Å². The summed E-state index contributed by atoms with van der Waals surface area (Å²) in [6.07, 6.45) is 0.895. The van der Waals surface area contributed by atoms with Crippen LogP contribution in [0, 0.1) is 11.7 Å². The van der Waals surface area contributed by atoms with Gasteiger partial charge in [0.05, 0.1) is 10.8 Å². The number of halogens is 1. The molecule has 2 aromatic rings. The normalized spacial score (nSPS) is 17.0. The fourth-order valence-electron chi connectivity index (χ4n) is 3.09. The fraction of sp³-hybridized carbons (Fsp3) is 0.263. The average Bonchev–Trinajstić information content (AvgIpc) is 3.02. The van der Waals surface area contributed by atoms with E-state index < -0.39 is 32.6 Å². The molecule has 9 heteroatoms. The summed E-state index contributed by atoms with van der Waals surface area (Å²) >= 11 is 0. The van der Waals surface area contributed by atoms with Crippen LogP contribution < -0.4 is 15.4 Å². The van der Waals surface area contributed by atoms with Crippen molar-refractivity contribution in [3.63, 3.8) is 0 Å². The second-order valence-corrected chi connectivity index (χ2v) is 8.20. The van der Waals surface area contributed by atoms with Crippen molar-refractivity contribution >= 4 is 33.2 Å². The lowest BCUT2D eigenvalue weighted by molar-refractivity contribution is -0.122. The van der Waals surface area contributed by atoms with Crippen LogP contribution in [-0.2, 0) is 26.0 Å². The number of amides is 2. The smallest absolute Gasteiger partial charge is 0.238 e. The predicted molar refractivity (Wildman–Crippen MR) is 103 cm³/mol. The summed E-state index contributed by atoms with van der Waals surface area (Å²) in [7, 11) is -4.12. The van der Waals surface area contributed by atoms with Crippen molar-refractivity contribution in [2.24, 2.45) is 11.1 Å². The molecule has 28 heavy (non-hydrogen) atoms. The van der Waals surface area contributed by atoms with Crippen molar-refractivity contribution in [3.8, 4) is 0 Å². The van der Waals surface area contributed by atoms with E-state index in [9.17, 15) is 22.4 Å². The minimum absolute atomic E-state index is 0.0126. The van der Waals surface area contributed by atoms with Crippen molar-refractivity contribution < 1.29 is 22.4 Å². The Balaban J connectivity index is 1.73. The molecule has 0 bridgehead atoms. The molecule has 7 nitrogen and oxygen atoms in total. The minimum Gasteiger partial charge on any atom is -0.326 e. The molecule has 3 N–H and O–H groups in total. The number of benzene rings is 2. The molecule has 0 saturated carbocycles. The number of carbonyl (C=O) groups excluding carboxylic acids is 2. The number of primary sulfonamides is 1. The first-order valence-electron chi connectivity index (χ1n) is 8.71. The highest BCUT2D eigenvalue weighted by atomic mass is 32.2. The van der Waals surface area contributed by atoms with Gasteiger partial charge in [0.25, 0.3) is 0 Å². The fourth-order valence-corrected chi connectivity index (χ4v) is 3.66. The Labute approximate surface area is 162 Å². The van der Waals surface area contributed by atoms with E-state index in [2.05, 4.69) is 5.32 Å². The summed E-state index contributed by atoms with van der Waals surface area (Å²) in [6.45, 7) is 2.22. The number of nitrogens with two attached hydrogens (primary N) is 1. The second-order valence-electron chi connectivity index (χ2n) is 6.64. The molecule has 0 aromatic heterocycles. The van der Waals surface area contributed by atoms with Gasteiger partial charge in [-0.1, -0.05) is 19.1 Å². The van der Waals surface area contributed by atoms with Gasteiger partial charge >= 0.3 is 0 Å². The van der Waals surface area contributed by atoms with Crippen LogP contribution >= 0.6 is 0 Å². The number of carbonyl (C=O) groups is 2. The van der Waals surface area contributed by atoms with Crippen molar-refractivity contribution in [2.45, 2.75) is 24.7 Å². The Kier molecular flexibility index (Phi) is 5.48. The van der Waals surface area contributed by atoms with E-state index in [0.717, 1.165) is 30.2 Å². The first kappa shape index (κ1) is 20.0. The third-order valence-electron chi connectivity index (χ3n) is 4.62. The molecule has 0 spiro atoms. The zero-order valence-electron chi connectivity index (χ0n) is 15.2. The van der Waals surface area contributed by atoms with Gasteiger partial charge in [0.15, 0.2) is 0 Å². The lowest BCUT2D eigenvalue weighted by Gasteiger charge is -2.17. The molecule has 2 aromatic carbocycles. The van der Waals surface area contributed by atoms with Crippen LogP contribution in [0.25, 0.3) is 0 Å². The van der Waals surface area contributed by atoms with Crippen LogP contribution in [0.15, 0.2) is 47.4 Å². The molecule has 1 atom stereocenters. The zero-order valence-corrected chi connectivity index (χ0v) is 16.0. The number of nitrogens with zero attached hydrogens (tertiary/aromatic N) is 1. The van der Waals surface area contributed by atoms with Crippen molar-refractivity contribution in [2.75, 3.05) is 16.8 Å². The number of nitrogens with one attached hydrogen (secondary N) is 1. The largest absolute Gasteiger partial charge is 0.326 e. The van der Waals surface area contributed by atoms with Gasteiger partial charge in [-0.25, -0.2) is 17.9 Å². The third kappa shape index (κ3) is 4.37. The highest BCUT2D eigenvalue weighted by molar-refractivity contribution is 7.89. The van der Waals surface area contributed by atoms with Crippen LogP contribution in [0.1, 0.15) is 18.9 Å². The molecule has 1 aliphatic rings. The predicted octanol–water partition coefficient (Wildman–Crippen LogP) is 2.03. The Morgan fingerprint density at radius 1 is 1.25 bits per heavy atom. The average molecular weight is 405 g/mol. The first-order chi connectivity index (χ1) is 13.2. The molecule has 1 fully saturated rings. The van der Waals surface area contributed by atoms with Gasteiger partial charge < -0.3 is 10.2 Å². The molecule has 2 amide bonds. The van der Waals surface area contributed by atoms with E-state index in [1.165, 1.54) is 4.90 Å². The van der Waals surface area contributed by atoms with Gasteiger partial charge in [0.2, 0.25) is 21.8 Å². The van der Waals surface area contributed by atoms with Gasteiger partial charge in [0.1, 0.15) is 5.82 Å². The Hall–Kier alpha value is -2.78. The quantitative estimate of drug-likeness (QED) is 0.793. The standard InChI is InChI=1S/C19H20FN3O4S/c1-2-12-3-5-16(6-4-12)23-11-13(7-18(23)24)19(25)22-15-8-14(20)9-17(10-15)28(21,26)27/h3-6,8-10,13H,2,7,11H2,1H3,(H,22,25)(H2,21,26,27). The van der Waals surface area contributed by atoms with Gasteiger partial charge in [0, 0.05) is 24.3 Å². The summed E-state index contributed by atoms with van der Waals surface area (Å²) in [5, 5.41) is 7.48. The molecule has 1 heterocycles. The topological polar surface area (TPSA) is 110 Å². The second kappa shape index (κ2) is 7.69. The van der Waals surface area contributed by atoms with Crippen molar-refractivity contribution in [1.29, 1.82) is 0 Å². The zero-order chi connectivity index (χ0) is 20.5. The summed E-state index contributed by atoms with van der Waals surface area (Å²) < 4.78 is 36.5. The van der Waals surface area contributed by atoms with Gasteiger partial charge in [-0.2, -0.15) is 0 Å². The number of aryl methyl sites for hydroxylation is 1. The van der Waals surface area contributed by atoms with Gasteiger partial charge in [-0.05, 0) is 42.3 Å². The minimum atomic E-state index is -4.12. The number of rotatable bonds is 5. The summed E-state index contributed by atoms with van der Waals surface area (Å²) in [4.78, 5) is 25.9. The van der Waals surface area contributed by atoms with E-state index in [-0.39, 0.29) is 24.6 Å². The lowest BCUT2D eigenvalue weighted by atomic mass is 10.1. The number of hydrogen-bond donors (Lipinski definition) is 2. The molecule has 0 aliphatic carbocycles. The molecular weight excluding hydrogens is 385 g/mol. The molecule has 148 valence electrons. The molecule has 1 aliphatic heterocycles. The number of hydrogen-bond acceptors (Lipinski definition) is 4. The van der Waals surface area contributed by atoms with Crippen LogP contribution in [0.5, 0.6) is 0 Å². The Morgan fingerprint density at radius 2 is 1.93 bits per heavy atom. The summed E-state index contributed by atoms with van der Waals surface area (Å²) in [5.41, 5.74) is 1.81. The molecule has 1 saturated heterocycles. The monoisotopic (exact) mass is 405 g/mol. The Bertz CT molecular complexity index is 1020. The van der Waals surface area contributed by atoms with Crippen LogP contribution in [0.4, 0.5) is 15.8 Å². The SMILES string of the molecule is CCc1ccc(N2CC(C(=O)Nc3cc(F)cc(S(N)(=O)=O)c3)CC2=O)cc1. The van der Waals surface area contributed by atoms with Gasteiger partial charge in [-0.15, -0.1) is 0 Å². The maximum atomic E-state index is 13.7. The lowest BCUT2D eigenvalue weighted by Crippen LogP contribution is -2.28. The van der Waals surface area contributed by atoms with E-state index in [1.807, 2.05) is 31.2 Å². The maximum absolute atomic E-state index is 13.7. The Morgan fingerprint density at radius 3 is 2.54 bits per heavy atom. The van der Waals surface area contributed by atoms with E-state index >= 15 is 0 Å². The summed E-state index contributed by atoms with van der Waals surface area (Å²) in [5.74, 6) is -2.16. The van der Waals surface area contributed by atoms with Crippen LogP contribution in [0.2, 0.25) is 0 Å². The number of anilines is 2. The third-order valence-corrected chi connectivity index (χ3v) is 5.51. The molecule has 0 radical (unpaired) electrons. The van der Waals surface area contributed by atoms with E-state index in [4.69, 9.17) is 5.14 Å². The van der Waals surface area contributed by atoms with E-state index in [1.54, 1.807) is 0 Å². The molecule has 3 rings (SSSR count). The maximum Gasteiger partial charge on any atom is 0.238 e. The highest BCUT2D eigenvalue weighted by Gasteiger charge is 2.35. The summed E-state index contributed by atoms with van der Waals surface area (Å²) in [6, 6.07) is 10.4. The molecular formula is C19H20FN3O4S. The van der Waals surface area contributed by atoms with Gasteiger partial charge in [-0.3, -0.25) is 9.59 Å². The van der Waals surface area contributed by atoms with E-state index in [0.29, 0.717) is 5.69 Å². The van der Waals surface area contributed by atoms with Crippen LogP contribution in [-0.4, -0.2) is 26.8 Å². The van der Waals surface area contributed by atoms with Crippen molar-refractivity contribution in [1.82, 2.24) is 0 Å². The first-order valence-corrected chi connectivity index (χ1v) is 10.3. The van der Waals surface area contributed by atoms with Crippen molar-refractivity contribution in [3.05, 3.63) is 53.8 Å². The highest BCUT2D eigenvalue weighted by Crippen LogP contribution is 2.27. The molecule has 1 unspecified atom stereocenters. The number of sulfonamides is 1.